The van der Waals surface area contributed by atoms with Crippen molar-refractivity contribution < 1.29 is 0 Å². The molecule has 0 saturated heterocycles. The van der Waals surface area contributed by atoms with Gasteiger partial charge in [0.05, 0.1) is 6.54 Å². The second kappa shape index (κ2) is 3.75. The summed E-state index contributed by atoms with van der Waals surface area (Å²) < 4.78 is 4.07. The van der Waals surface area contributed by atoms with E-state index in [-0.39, 0.29) is 0 Å². The van der Waals surface area contributed by atoms with Gasteiger partial charge in [-0.25, -0.2) is 9.97 Å². The zero-order valence-corrected chi connectivity index (χ0v) is 8.85. The van der Waals surface area contributed by atoms with Crippen molar-refractivity contribution in [1.82, 2.24) is 19.3 Å². The van der Waals surface area contributed by atoms with Crippen LogP contribution in [0, 0.1) is 13.8 Å². The molecule has 0 amide bonds. The van der Waals surface area contributed by atoms with E-state index in [4.69, 9.17) is 0 Å². The number of nitrogens with one attached hydrogen (secondary N) is 2. The van der Waals surface area contributed by atoms with Gasteiger partial charge in [0.1, 0.15) is 11.6 Å². The first kappa shape index (κ1) is 9.14. The summed E-state index contributed by atoms with van der Waals surface area (Å²) in [5, 5.41) is 3.98. The molecule has 0 atom stereocenters. The molecule has 0 aliphatic rings. The predicted octanol–water partition coefficient (Wildman–Crippen LogP) is 1.49. The molecule has 6 heteroatoms. The molecule has 0 bridgehead atoms. The van der Waals surface area contributed by atoms with Crippen molar-refractivity contribution >= 4 is 16.7 Å². The third kappa shape index (κ3) is 2.08. The van der Waals surface area contributed by atoms with Crippen LogP contribution < -0.4 is 5.32 Å². The lowest BCUT2D eigenvalue weighted by atomic mass is 10.6. The summed E-state index contributed by atoms with van der Waals surface area (Å²) >= 11 is 1.36. The molecule has 5 nitrogen and oxygen atoms in total. The predicted molar refractivity (Wildman–Crippen MR) is 55.3 cm³/mol. The van der Waals surface area contributed by atoms with Crippen LogP contribution in [0.5, 0.6) is 0 Å². The van der Waals surface area contributed by atoms with Crippen LogP contribution in [0.15, 0.2) is 6.20 Å². The van der Waals surface area contributed by atoms with E-state index in [1.165, 1.54) is 11.5 Å². The van der Waals surface area contributed by atoms with E-state index in [1.807, 2.05) is 20.0 Å². The third-order valence-electron chi connectivity index (χ3n) is 1.69. The van der Waals surface area contributed by atoms with E-state index in [1.54, 1.807) is 0 Å². The lowest BCUT2D eigenvalue weighted by Crippen LogP contribution is -2.00. The Bertz CT molecular complexity index is 379. The molecule has 74 valence electrons. The summed E-state index contributed by atoms with van der Waals surface area (Å²) in [5.74, 6) is 1.71. The number of hydrogen-bond donors (Lipinski definition) is 2. The van der Waals surface area contributed by atoms with Gasteiger partial charge in [-0.2, -0.15) is 4.37 Å². The molecule has 2 aromatic heterocycles. The minimum absolute atomic E-state index is 0.655. The minimum Gasteiger partial charge on any atom is -0.353 e. The summed E-state index contributed by atoms with van der Waals surface area (Å²) in [6, 6.07) is 0. The number of aromatic amines is 1. The molecule has 14 heavy (non-hydrogen) atoms. The Morgan fingerprint density at radius 1 is 1.50 bits per heavy atom. The molecule has 0 radical (unpaired) electrons. The van der Waals surface area contributed by atoms with Gasteiger partial charge in [-0.3, -0.25) is 0 Å². The summed E-state index contributed by atoms with van der Waals surface area (Å²) in [6.45, 7) is 4.51. The summed E-state index contributed by atoms with van der Waals surface area (Å²) in [4.78, 5) is 11.5. The number of nitrogens with zero attached hydrogens (tertiary/aromatic N) is 3. The topological polar surface area (TPSA) is 66.5 Å². The van der Waals surface area contributed by atoms with Gasteiger partial charge in [0.25, 0.3) is 0 Å². The van der Waals surface area contributed by atoms with Crippen molar-refractivity contribution in [3.05, 3.63) is 23.5 Å². The van der Waals surface area contributed by atoms with E-state index < -0.39 is 0 Å². The molecule has 0 aromatic carbocycles. The maximum Gasteiger partial charge on any atom is 0.202 e. The average molecular weight is 209 g/mol. The Balaban J connectivity index is 1.94. The second-order valence-corrected chi connectivity index (χ2v) is 3.77. The Labute approximate surface area is 85.8 Å². The number of imidazole rings is 1. The zero-order valence-electron chi connectivity index (χ0n) is 8.03. The summed E-state index contributed by atoms with van der Waals surface area (Å²) in [5.41, 5.74) is 1.07. The first-order valence-electron chi connectivity index (χ1n) is 4.29. The number of aromatic nitrogens is 4. The molecule has 0 unspecified atom stereocenters. The van der Waals surface area contributed by atoms with E-state index in [0.717, 1.165) is 22.5 Å². The minimum atomic E-state index is 0.655. The van der Waals surface area contributed by atoms with Gasteiger partial charge in [0.15, 0.2) is 0 Å². The smallest absolute Gasteiger partial charge is 0.202 e. The highest BCUT2D eigenvalue weighted by molar-refractivity contribution is 7.09. The fourth-order valence-corrected chi connectivity index (χ4v) is 1.65. The van der Waals surface area contributed by atoms with Crippen molar-refractivity contribution in [3.8, 4) is 0 Å². The fraction of sp³-hybridized carbons (Fsp3) is 0.375. The van der Waals surface area contributed by atoms with E-state index >= 15 is 0 Å². The van der Waals surface area contributed by atoms with Crippen LogP contribution in [-0.2, 0) is 6.54 Å². The molecule has 0 spiro atoms. The van der Waals surface area contributed by atoms with Gasteiger partial charge in [0, 0.05) is 23.4 Å². The standard InChI is InChI=1S/C8H11N5S/c1-5-3-9-7(11-5)4-10-8-12-6(2)13-14-8/h3H,4H2,1-2H3,(H,9,11)(H,10,12,13). The summed E-state index contributed by atoms with van der Waals surface area (Å²) in [6.07, 6.45) is 1.81. The summed E-state index contributed by atoms with van der Waals surface area (Å²) in [7, 11) is 0. The molecular formula is C8H11N5S. The molecule has 0 saturated carbocycles. The molecule has 0 aliphatic carbocycles. The Kier molecular flexibility index (Phi) is 2.45. The molecular weight excluding hydrogens is 198 g/mol. The lowest BCUT2D eigenvalue weighted by Gasteiger charge is -1.97. The van der Waals surface area contributed by atoms with Crippen LogP contribution in [0.1, 0.15) is 17.3 Å². The van der Waals surface area contributed by atoms with Crippen LogP contribution in [0.2, 0.25) is 0 Å². The van der Waals surface area contributed by atoms with Crippen molar-refractivity contribution in [3.63, 3.8) is 0 Å². The quantitative estimate of drug-likeness (QED) is 0.803. The van der Waals surface area contributed by atoms with Crippen LogP contribution in [-0.4, -0.2) is 19.3 Å². The van der Waals surface area contributed by atoms with Crippen LogP contribution in [0.3, 0.4) is 0 Å². The number of hydrogen-bond acceptors (Lipinski definition) is 5. The van der Waals surface area contributed by atoms with Crippen LogP contribution in [0.4, 0.5) is 5.13 Å². The number of rotatable bonds is 3. The van der Waals surface area contributed by atoms with E-state index in [0.29, 0.717) is 6.54 Å². The van der Waals surface area contributed by atoms with Crippen molar-refractivity contribution in [2.24, 2.45) is 0 Å². The number of H-pyrrole nitrogens is 1. The highest BCUT2D eigenvalue weighted by atomic mass is 32.1. The normalized spacial score (nSPS) is 10.4. The van der Waals surface area contributed by atoms with Crippen molar-refractivity contribution in [2.45, 2.75) is 20.4 Å². The van der Waals surface area contributed by atoms with Gasteiger partial charge in [-0.05, 0) is 13.8 Å². The first-order chi connectivity index (χ1) is 6.74. The Morgan fingerprint density at radius 2 is 2.36 bits per heavy atom. The molecule has 0 fully saturated rings. The SMILES string of the molecule is Cc1nsc(NCc2ncc(C)[nH]2)n1. The van der Waals surface area contributed by atoms with Crippen LogP contribution >= 0.6 is 11.5 Å². The highest BCUT2D eigenvalue weighted by Crippen LogP contribution is 2.10. The largest absolute Gasteiger partial charge is 0.353 e. The van der Waals surface area contributed by atoms with Gasteiger partial charge < -0.3 is 10.3 Å². The number of anilines is 1. The molecule has 2 rings (SSSR count). The molecule has 2 aromatic rings. The van der Waals surface area contributed by atoms with Gasteiger partial charge in [-0.1, -0.05) is 0 Å². The van der Waals surface area contributed by atoms with E-state index in [2.05, 4.69) is 24.6 Å². The van der Waals surface area contributed by atoms with E-state index in [9.17, 15) is 0 Å². The van der Waals surface area contributed by atoms with Crippen LogP contribution in [0.25, 0.3) is 0 Å². The average Bonchev–Trinajstić information content (AvgIpc) is 2.72. The zero-order chi connectivity index (χ0) is 9.97. The maximum absolute atomic E-state index is 4.19. The lowest BCUT2D eigenvalue weighted by molar-refractivity contribution is 0.985. The third-order valence-corrected chi connectivity index (χ3v) is 2.45. The highest BCUT2D eigenvalue weighted by Gasteiger charge is 2.00. The van der Waals surface area contributed by atoms with Gasteiger partial charge in [0.2, 0.25) is 5.13 Å². The van der Waals surface area contributed by atoms with Gasteiger partial charge in [-0.15, -0.1) is 0 Å². The van der Waals surface area contributed by atoms with Crippen molar-refractivity contribution in [1.29, 1.82) is 0 Å². The van der Waals surface area contributed by atoms with Gasteiger partial charge >= 0.3 is 0 Å². The first-order valence-corrected chi connectivity index (χ1v) is 5.06. The van der Waals surface area contributed by atoms with Crippen molar-refractivity contribution in [2.75, 3.05) is 5.32 Å². The molecule has 2 N–H and O–H groups in total. The fourth-order valence-electron chi connectivity index (χ4n) is 1.08. The second-order valence-electron chi connectivity index (χ2n) is 3.01. The molecule has 0 aliphatic heterocycles. The Hall–Kier alpha value is -1.43. The monoisotopic (exact) mass is 209 g/mol. The Morgan fingerprint density at radius 3 is 2.93 bits per heavy atom. The molecule has 2 heterocycles. The number of aryl methyl sites for hydroxylation is 2. The maximum atomic E-state index is 4.19.